The summed E-state index contributed by atoms with van der Waals surface area (Å²) in [4.78, 5) is 23.4. The van der Waals surface area contributed by atoms with E-state index in [1.807, 2.05) is 32.9 Å². The summed E-state index contributed by atoms with van der Waals surface area (Å²) in [5.74, 6) is 3.11. The highest BCUT2D eigenvalue weighted by molar-refractivity contribution is 5.87. The summed E-state index contributed by atoms with van der Waals surface area (Å²) in [7, 11) is 1.58. The number of ether oxygens (including phenoxy) is 4. The number of halogens is 1. The Hall–Kier alpha value is -4.45. The second-order valence-electron chi connectivity index (χ2n) is 12.2. The largest absolute Gasteiger partial charge is 0.493 e. The van der Waals surface area contributed by atoms with Crippen molar-refractivity contribution in [2.24, 2.45) is 0 Å². The Morgan fingerprint density at radius 3 is 2.60 bits per heavy atom. The van der Waals surface area contributed by atoms with E-state index >= 15 is 0 Å². The smallest absolute Gasteiger partial charge is 0.312 e. The number of nitrogens with one attached hydrogen (secondary N) is 1. The van der Waals surface area contributed by atoms with Gasteiger partial charge in [-0.3, -0.25) is 4.79 Å². The van der Waals surface area contributed by atoms with Crippen LogP contribution in [0.4, 0.5) is 10.2 Å². The van der Waals surface area contributed by atoms with Crippen molar-refractivity contribution in [2.45, 2.75) is 64.6 Å². The third-order valence-corrected chi connectivity index (χ3v) is 7.36. The van der Waals surface area contributed by atoms with Crippen molar-refractivity contribution in [3.8, 4) is 28.9 Å². The summed E-state index contributed by atoms with van der Waals surface area (Å²) in [5.41, 5.74) is 0.465. The highest BCUT2D eigenvalue weighted by Crippen LogP contribution is 2.37. The van der Waals surface area contributed by atoms with E-state index in [-0.39, 0.29) is 17.9 Å². The number of esters is 1. The van der Waals surface area contributed by atoms with Gasteiger partial charge >= 0.3 is 5.97 Å². The number of carbonyl (C=O) groups is 1. The first-order valence-electron chi connectivity index (χ1n) is 15.1. The molecule has 1 fully saturated rings. The summed E-state index contributed by atoms with van der Waals surface area (Å²) in [6.07, 6.45) is 2.27. The first-order valence-corrected chi connectivity index (χ1v) is 15.1. The van der Waals surface area contributed by atoms with Crippen LogP contribution in [0.5, 0.6) is 28.9 Å². The highest BCUT2D eigenvalue weighted by atomic mass is 19.1. The standard InChI is InChI=1S/C33H40FN5O6/c1-21(34)19-39-13-10-22(11-14-39)42-28-17-26-25(16-27(28)41-5)32(37-20-36-26)44-24-8-6-7-23(15-24)43-31(40)9-12-35-30-18-29(45-38-30)33(2,3)4/h6-8,15-18,20-22H,9-14,19H2,1-5H3,(H,35,38). The van der Waals surface area contributed by atoms with Crippen molar-refractivity contribution in [1.29, 1.82) is 0 Å². The first-order chi connectivity index (χ1) is 21.6. The SMILES string of the molecule is COc1cc2c(Oc3cccc(OC(=O)CCNc4cc(C(C)(C)C)on4)c3)ncnc2cc1OC1CCN(CC(C)F)CC1. The highest BCUT2D eigenvalue weighted by Gasteiger charge is 2.24. The summed E-state index contributed by atoms with van der Waals surface area (Å²) < 4.78 is 42.4. The Morgan fingerprint density at radius 2 is 1.89 bits per heavy atom. The van der Waals surface area contributed by atoms with Crippen LogP contribution in [0.1, 0.15) is 52.7 Å². The van der Waals surface area contributed by atoms with E-state index in [2.05, 4.69) is 25.3 Å². The Balaban J connectivity index is 1.20. The molecular weight excluding hydrogens is 581 g/mol. The first kappa shape index (κ1) is 32.0. The summed E-state index contributed by atoms with van der Waals surface area (Å²) in [6, 6.07) is 12.2. The molecular formula is C33H40FN5O6. The number of alkyl halides is 1. The maximum absolute atomic E-state index is 13.4. The van der Waals surface area contributed by atoms with E-state index in [1.165, 1.54) is 6.33 Å². The van der Waals surface area contributed by atoms with Gasteiger partial charge < -0.3 is 33.7 Å². The fourth-order valence-corrected chi connectivity index (χ4v) is 5.02. The number of carbonyl (C=O) groups excluding carboxylic acids is 1. The third-order valence-electron chi connectivity index (χ3n) is 7.36. The normalized spacial score (nSPS) is 15.1. The Labute approximate surface area is 262 Å². The third kappa shape index (κ3) is 8.59. The average Bonchev–Trinajstić information content (AvgIpc) is 3.48. The van der Waals surface area contributed by atoms with Crippen LogP contribution >= 0.6 is 0 Å². The lowest BCUT2D eigenvalue weighted by Gasteiger charge is -2.32. The average molecular weight is 622 g/mol. The molecule has 0 bridgehead atoms. The van der Waals surface area contributed by atoms with E-state index in [9.17, 15) is 9.18 Å². The fourth-order valence-electron chi connectivity index (χ4n) is 5.02. The molecule has 1 N–H and O–H groups in total. The van der Waals surface area contributed by atoms with Crippen LogP contribution in [-0.4, -0.2) is 71.6 Å². The zero-order valence-electron chi connectivity index (χ0n) is 26.3. The van der Waals surface area contributed by atoms with Crippen LogP contribution in [0, 0.1) is 0 Å². The Morgan fingerprint density at radius 1 is 1.11 bits per heavy atom. The topological polar surface area (TPSA) is 121 Å². The Bertz CT molecular complexity index is 1600. The van der Waals surface area contributed by atoms with Crippen LogP contribution in [0.2, 0.25) is 0 Å². The molecule has 1 saturated heterocycles. The van der Waals surface area contributed by atoms with Gasteiger partial charge in [0.15, 0.2) is 17.3 Å². The van der Waals surface area contributed by atoms with E-state index in [4.69, 9.17) is 23.5 Å². The second-order valence-corrected chi connectivity index (χ2v) is 12.2. The molecule has 0 saturated carbocycles. The maximum atomic E-state index is 13.4. The molecule has 4 aromatic rings. The molecule has 5 rings (SSSR count). The van der Waals surface area contributed by atoms with Gasteiger partial charge in [-0.2, -0.15) is 0 Å². The van der Waals surface area contributed by atoms with Crippen molar-refractivity contribution in [3.63, 3.8) is 0 Å². The Kier molecular flexibility index (Phi) is 10.0. The van der Waals surface area contributed by atoms with E-state index in [0.717, 1.165) is 31.7 Å². The molecule has 12 heteroatoms. The second kappa shape index (κ2) is 14.1. The zero-order valence-corrected chi connectivity index (χ0v) is 26.3. The van der Waals surface area contributed by atoms with Gasteiger partial charge in [0.2, 0.25) is 5.88 Å². The van der Waals surface area contributed by atoms with Crippen LogP contribution in [-0.2, 0) is 10.2 Å². The molecule has 2 aromatic carbocycles. The number of anilines is 1. The molecule has 1 aliphatic heterocycles. The molecule has 0 amide bonds. The van der Waals surface area contributed by atoms with Crippen LogP contribution in [0.15, 0.2) is 53.3 Å². The van der Waals surface area contributed by atoms with Crippen molar-refractivity contribution in [3.05, 3.63) is 54.6 Å². The number of likely N-dealkylation sites (tertiary alicyclic amines) is 1. The number of aromatic nitrogens is 3. The lowest BCUT2D eigenvalue weighted by atomic mass is 9.93. The minimum Gasteiger partial charge on any atom is -0.493 e. The van der Waals surface area contributed by atoms with Crippen molar-refractivity contribution >= 4 is 22.7 Å². The van der Waals surface area contributed by atoms with E-state index < -0.39 is 12.1 Å². The van der Waals surface area contributed by atoms with Gasteiger partial charge in [0.25, 0.3) is 0 Å². The minimum absolute atomic E-state index is 0.00931. The molecule has 240 valence electrons. The molecule has 0 aliphatic carbocycles. The molecule has 2 aromatic heterocycles. The molecule has 0 radical (unpaired) electrons. The number of nitrogens with zero attached hydrogens (tertiary/aromatic N) is 4. The number of methoxy groups -OCH3 is 1. The molecule has 1 unspecified atom stereocenters. The van der Waals surface area contributed by atoms with E-state index in [0.29, 0.717) is 58.7 Å². The van der Waals surface area contributed by atoms with Crippen LogP contribution in [0.3, 0.4) is 0 Å². The molecule has 11 nitrogen and oxygen atoms in total. The lowest BCUT2D eigenvalue weighted by Crippen LogP contribution is -2.40. The minimum atomic E-state index is -0.849. The fraction of sp³-hybridized carbons (Fsp3) is 0.455. The number of piperidine rings is 1. The van der Waals surface area contributed by atoms with Crippen molar-refractivity contribution in [1.82, 2.24) is 20.0 Å². The van der Waals surface area contributed by atoms with Crippen molar-refractivity contribution in [2.75, 3.05) is 38.6 Å². The molecule has 1 atom stereocenters. The summed E-state index contributed by atoms with van der Waals surface area (Å²) >= 11 is 0. The van der Waals surface area contributed by atoms with Gasteiger partial charge in [0, 0.05) is 49.8 Å². The van der Waals surface area contributed by atoms with Crippen LogP contribution in [0.25, 0.3) is 10.9 Å². The van der Waals surface area contributed by atoms with Gasteiger partial charge in [-0.25, -0.2) is 14.4 Å². The molecule has 0 spiro atoms. The molecule has 1 aliphatic rings. The number of benzene rings is 2. The number of hydrogen-bond acceptors (Lipinski definition) is 11. The van der Waals surface area contributed by atoms with Crippen molar-refractivity contribution < 1.29 is 32.7 Å². The van der Waals surface area contributed by atoms with Gasteiger partial charge in [0.05, 0.1) is 24.4 Å². The summed E-state index contributed by atoms with van der Waals surface area (Å²) in [5, 5.41) is 7.71. The monoisotopic (exact) mass is 621 g/mol. The molecule has 45 heavy (non-hydrogen) atoms. The van der Waals surface area contributed by atoms with Gasteiger partial charge in [0.1, 0.15) is 35.9 Å². The zero-order chi connectivity index (χ0) is 32.0. The number of rotatable bonds is 12. The van der Waals surface area contributed by atoms with Gasteiger partial charge in [-0.15, -0.1) is 0 Å². The predicted molar refractivity (Wildman–Crippen MR) is 167 cm³/mol. The van der Waals surface area contributed by atoms with Crippen LogP contribution < -0.4 is 24.3 Å². The predicted octanol–water partition coefficient (Wildman–Crippen LogP) is 6.33. The maximum Gasteiger partial charge on any atom is 0.312 e. The lowest BCUT2D eigenvalue weighted by molar-refractivity contribution is -0.134. The number of fused-ring (bicyclic) bond motifs is 1. The van der Waals surface area contributed by atoms with Gasteiger partial charge in [-0.1, -0.05) is 32.0 Å². The summed E-state index contributed by atoms with van der Waals surface area (Å²) in [6.45, 7) is 10.0. The van der Waals surface area contributed by atoms with Gasteiger partial charge in [-0.05, 0) is 38.0 Å². The molecule has 3 heterocycles. The number of hydrogen-bond donors (Lipinski definition) is 1. The quantitative estimate of drug-likeness (QED) is 0.141. The van der Waals surface area contributed by atoms with E-state index in [1.54, 1.807) is 44.4 Å².